The van der Waals surface area contributed by atoms with E-state index in [9.17, 15) is 9.59 Å². The van der Waals surface area contributed by atoms with Gasteiger partial charge in [-0.1, -0.05) is 17.7 Å². The van der Waals surface area contributed by atoms with Crippen molar-refractivity contribution < 1.29 is 4.79 Å². The molecule has 0 spiro atoms. The molecule has 31 heavy (non-hydrogen) atoms. The topological polar surface area (TPSA) is 54.3 Å². The lowest BCUT2D eigenvalue weighted by Crippen LogP contribution is -2.57. The Morgan fingerprint density at radius 1 is 1.13 bits per heavy atom. The first-order valence-electron chi connectivity index (χ1n) is 10.6. The Bertz CT molecular complexity index is 1190. The van der Waals surface area contributed by atoms with E-state index < -0.39 is 0 Å². The molecule has 2 aromatic heterocycles. The van der Waals surface area contributed by atoms with Gasteiger partial charge in [0.15, 0.2) is 0 Å². The molecule has 2 bridgehead atoms. The number of amides is 1. The summed E-state index contributed by atoms with van der Waals surface area (Å²) in [6, 6.07) is 13.0. The van der Waals surface area contributed by atoms with Crippen LogP contribution in [0.3, 0.4) is 0 Å². The third kappa shape index (κ3) is 4.07. The van der Waals surface area contributed by atoms with Gasteiger partial charge >= 0.3 is 0 Å². The van der Waals surface area contributed by atoms with Crippen LogP contribution in [0.15, 0.2) is 53.5 Å². The van der Waals surface area contributed by atoms with Crippen molar-refractivity contribution in [3.63, 3.8) is 0 Å². The molecule has 1 unspecified atom stereocenters. The lowest BCUT2D eigenvalue weighted by atomic mass is 9.84. The Hall–Kier alpha value is -2.41. The molecular weight excluding hydrogens is 430 g/mol. The second-order valence-electron chi connectivity index (χ2n) is 8.42. The number of piperidine rings is 3. The molecule has 7 heteroatoms. The maximum atomic E-state index is 12.9. The Morgan fingerprint density at radius 3 is 2.58 bits per heavy atom. The standard InChI is InChI=1S/C24H24ClN3O2S/c1-15-2-6-22(31-15)17-3-5-21(19(25)12-17)28-13-18(4-7-23(28)29)24(30)26-20-14-27-10-8-16(20)9-11-27/h2-7,12-13,16,20H,8-11,14H2,1H3,(H,26,30). The molecule has 3 fully saturated rings. The van der Waals surface area contributed by atoms with Crippen molar-refractivity contribution >= 4 is 28.8 Å². The van der Waals surface area contributed by atoms with Gasteiger partial charge in [-0.25, -0.2) is 0 Å². The van der Waals surface area contributed by atoms with E-state index in [1.165, 1.54) is 15.5 Å². The van der Waals surface area contributed by atoms with E-state index in [0.29, 0.717) is 22.2 Å². The highest BCUT2D eigenvalue weighted by atomic mass is 35.5. The first-order valence-corrected chi connectivity index (χ1v) is 11.8. The molecular formula is C24H24ClN3O2S. The van der Waals surface area contributed by atoms with Crippen LogP contribution in [0.25, 0.3) is 16.1 Å². The van der Waals surface area contributed by atoms with E-state index in [4.69, 9.17) is 11.6 Å². The zero-order chi connectivity index (χ0) is 21.5. The average Bonchev–Trinajstić information content (AvgIpc) is 3.21. The molecule has 5 heterocycles. The van der Waals surface area contributed by atoms with Crippen LogP contribution in [0.4, 0.5) is 0 Å². The molecule has 5 nitrogen and oxygen atoms in total. The van der Waals surface area contributed by atoms with E-state index >= 15 is 0 Å². The van der Waals surface area contributed by atoms with E-state index in [0.717, 1.165) is 42.9 Å². The molecule has 0 saturated carbocycles. The molecule has 1 N–H and O–H groups in total. The van der Waals surface area contributed by atoms with Crippen LogP contribution in [0.5, 0.6) is 0 Å². The number of carbonyl (C=O) groups excluding carboxylic acids is 1. The number of hydrogen-bond donors (Lipinski definition) is 1. The number of thiophene rings is 1. The summed E-state index contributed by atoms with van der Waals surface area (Å²) in [5, 5.41) is 3.66. The fourth-order valence-electron chi connectivity index (χ4n) is 4.64. The van der Waals surface area contributed by atoms with Gasteiger partial charge in [0.25, 0.3) is 11.5 Å². The second-order valence-corrected chi connectivity index (χ2v) is 10.1. The lowest BCUT2D eigenvalue weighted by Gasteiger charge is -2.44. The fourth-order valence-corrected chi connectivity index (χ4v) is 5.77. The van der Waals surface area contributed by atoms with Crippen molar-refractivity contribution in [2.24, 2.45) is 5.92 Å². The first-order chi connectivity index (χ1) is 15.0. The van der Waals surface area contributed by atoms with Gasteiger partial charge in [0, 0.05) is 34.6 Å². The van der Waals surface area contributed by atoms with Crippen molar-refractivity contribution in [2.45, 2.75) is 25.8 Å². The number of benzene rings is 1. The van der Waals surface area contributed by atoms with Gasteiger partial charge in [-0.15, -0.1) is 11.3 Å². The monoisotopic (exact) mass is 453 g/mol. The van der Waals surface area contributed by atoms with Crippen LogP contribution < -0.4 is 10.9 Å². The van der Waals surface area contributed by atoms with Gasteiger partial charge < -0.3 is 10.2 Å². The number of carbonyl (C=O) groups is 1. The summed E-state index contributed by atoms with van der Waals surface area (Å²) < 4.78 is 1.46. The van der Waals surface area contributed by atoms with Crippen molar-refractivity contribution in [3.05, 3.63) is 74.5 Å². The lowest BCUT2D eigenvalue weighted by molar-refractivity contribution is 0.0620. The number of fused-ring (bicyclic) bond motifs is 3. The summed E-state index contributed by atoms with van der Waals surface area (Å²) in [7, 11) is 0. The number of rotatable bonds is 4. The van der Waals surface area contributed by atoms with Gasteiger partial charge in [-0.3, -0.25) is 14.2 Å². The Labute approximate surface area is 190 Å². The number of nitrogens with zero attached hydrogens (tertiary/aromatic N) is 2. The second kappa shape index (κ2) is 8.26. The molecule has 6 rings (SSSR count). The number of aryl methyl sites for hydroxylation is 1. The van der Waals surface area contributed by atoms with Gasteiger partial charge in [-0.2, -0.15) is 0 Å². The summed E-state index contributed by atoms with van der Waals surface area (Å²) in [4.78, 5) is 30.3. The Balaban J connectivity index is 1.41. The molecule has 1 atom stereocenters. The van der Waals surface area contributed by atoms with Crippen LogP contribution in [-0.4, -0.2) is 41.1 Å². The summed E-state index contributed by atoms with van der Waals surface area (Å²) in [6.45, 7) is 5.23. The molecule has 0 radical (unpaired) electrons. The van der Waals surface area contributed by atoms with Gasteiger partial charge in [0.05, 0.1) is 16.3 Å². The van der Waals surface area contributed by atoms with Crippen LogP contribution in [0, 0.1) is 12.8 Å². The third-order valence-electron chi connectivity index (χ3n) is 6.38. The summed E-state index contributed by atoms with van der Waals surface area (Å²) >= 11 is 8.26. The van der Waals surface area contributed by atoms with Crippen molar-refractivity contribution in [1.29, 1.82) is 0 Å². The van der Waals surface area contributed by atoms with Gasteiger partial charge in [0.2, 0.25) is 0 Å². The molecule has 160 valence electrons. The van der Waals surface area contributed by atoms with Gasteiger partial charge in [0.1, 0.15) is 0 Å². The van der Waals surface area contributed by atoms with Crippen LogP contribution >= 0.6 is 22.9 Å². The zero-order valence-electron chi connectivity index (χ0n) is 17.3. The van der Waals surface area contributed by atoms with E-state index in [1.807, 2.05) is 18.2 Å². The highest BCUT2D eigenvalue weighted by Crippen LogP contribution is 2.32. The van der Waals surface area contributed by atoms with Crippen LogP contribution in [-0.2, 0) is 0 Å². The Morgan fingerprint density at radius 2 is 1.94 bits per heavy atom. The number of aromatic nitrogens is 1. The summed E-state index contributed by atoms with van der Waals surface area (Å²) in [5.74, 6) is 0.400. The fraction of sp³-hybridized carbons (Fsp3) is 0.333. The zero-order valence-corrected chi connectivity index (χ0v) is 18.9. The number of hydrogen-bond acceptors (Lipinski definition) is 4. The molecule has 3 aliphatic heterocycles. The average molecular weight is 454 g/mol. The minimum absolute atomic E-state index is 0.144. The third-order valence-corrected chi connectivity index (χ3v) is 7.73. The number of halogens is 1. The number of nitrogens with one attached hydrogen (secondary N) is 1. The molecule has 1 aromatic carbocycles. The van der Waals surface area contributed by atoms with Gasteiger partial charge in [-0.05, 0) is 74.7 Å². The SMILES string of the molecule is Cc1ccc(-c2ccc(-n3cc(C(=O)NC4CN5CCC4CC5)ccc3=O)c(Cl)c2)s1. The molecule has 3 saturated heterocycles. The minimum Gasteiger partial charge on any atom is -0.348 e. The molecule has 3 aromatic rings. The summed E-state index contributed by atoms with van der Waals surface area (Å²) in [5.41, 5.74) is 1.82. The van der Waals surface area contributed by atoms with E-state index in [1.54, 1.807) is 23.6 Å². The molecule has 0 aliphatic carbocycles. The van der Waals surface area contributed by atoms with Crippen LogP contribution in [0.1, 0.15) is 28.1 Å². The maximum Gasteiger partial charge on any atom is 0.255 e. The smallest absolute Gasteiger partial charge is 0.255 e. The quantitative estimate of drug-likeness (QED) is 0.638. The minimum atomic E-state index is -0.221. The summed E-state index contributed by atoms with van der Waals surface area (Å²) in [6.07, 6.45) is 3.86. The van der Waals surface area contributed by atoms with Crippen LogP contribution in [0.2, 0.25) is 5.02 Å². The molecule has 3 aliphatic rings. The van der Waals surface area contributed by atoms with Crippen molar-refractivity contribution in [2.75, 3.05) is 19.6 Å². The highest BCUT2D eigenvalue weighted by molar-refractivity contribution is 7.15. The van der Waals surface area contributed by atoms with Crippen molar-refractivity contribution in [3.8, 4) is 16.1 Å². The predicted octanol–water partition coefficient (Wildman–Crippen LogP) is 4.35. The highest BCUT2D eigenvalue weighted by Gasteiger charge is 2.35. The Kier molecular flexibility index (Phi) is 5.46. The number of pyridine rings is 1. The molecule has 1 amide bonds. The van der Waals surface area contributed by atoms with E-state index in [-0.39, 0.29) is 17.5 Å². The van der Waals surface area contributed by atoms with Crippen molar-refractivity contribution in [1.82, 2.24) is 14.8 Å². The normalized spacial score (nSPS) is 22.5. The predicted molar refractivity (Wildman–Crippen MR) is 126 cm³/mol. The maximum absolute atomic E-state index is 12.9. The first kappa shape index (κ1) is 20.5. The largest absolute Gasteiger partial charge is 0.348 e. The van der Waals surface area contributed by atoms with E-state index in [2.05, 4.69) is 29.3 Å².